The van der Waals surface area contributed by atoms with Crippen LogP contribution in [0.3, 0.4) is 0 Å². The van der Waals surface area contributed by atoms with Crippen molar-refractivity contribution >= 4 is 32.7 Å². The van der Waals surface area contributed by atoms with E-state index in [0.29, 0.717) is 12.1 Å². The number of piperazine rings is 1. The minimum Gasteiger partial charge on any atom is -0.338 e. The molecule has 1 aliphatic rings. The van der Waals surface area contributed by atoms with E-state index in [2.05, 4.69) is 35.7 Å². The molecule has 3 heterocycles. The molecule has 5 rings (SSSR count). The van der Waals surface area contributed by atoms with E-state index in [1.807, 2.05) is 54.6 Å². The zero-order chi connectivity index (χ0) is 21.2. The maximum absolute atomic E-state index is 13.2. The van der Waals surface area contributed by atoms with Gasteiger partial charge in [0.2, 0.25) is 5.95 Å². The van der Waals surface area contributed by atoms with Gasteiger partial charge in [0.25, 0.3) is 5.56 Å². The van der Waals surface area contributed by atoms with Gasteiger partial charge in [0.15, 0.2) is 0 Å². The van der Waals surface area contributed by atoms with Crippen LogP contribution in [0.25, 0.3) is 22.0 Å². The molecule has 0 aliphatic carbocycles. The summed E-state index contributed by atoms with van der Waals surface area (Å²) < 4.78 is 2.60. The van der Waals surface area contributed by atoms with Crippen LogP contribution in [0.5, 0.6) is 0 Å². The summed E-state index contributed by atoms with van der Waals surface area (Å²) >= 11 is 3.49. The third kappa shape index (κ3) is 4.08. The largest absolute Gasteiger partial charge is 0.338 e. The van der Waals surface area contributed by atoms with Crippen molar-refractivity contribution in [1.29, 1.82) is 0 Å². The molecule has 1 saturated heterocycles. The Morgan fingerprint density at radius 2 is 1.52 bits per heavy atom. The number of benzene rings is 2. The van der Waals surface area contributed by atoms with Gasteiger partial charge in [-0.25, -0.2) is 14.6 Å². The monoisotopic (exact) mass is 476 g/mol. The number of rotatable bonds is 4. The van der Waals surface area contributed by atoms with Crippen LogP contribution < -0.4 is 10.5 Å². The molecule has 2 aromatic heterocycles. The van der Waals surface area contributed by atoms with E-state index in [0.717, 1.165) is 53.2 Å². The summed E-state index contributed by atoms with van der Waals surface area (Å²) in [4.78, 5) is 26.2. The quantitative estimate of drug-likeness (QED) is 0.449. The van der Waals surface area contributed by atoms with Crippen molar-refractivity contribution in [2.45, 2.75) is 6.67 Å². The minimum atomic E-state index is -0.0646. The number of halogens is 1. The average molecular weight is 477 g/mol. The maximum atomic E-state index is 13.2. The predicted octanol–water partition coefficient (Wildman–Crippen LogP) is 3.40. The smallest absolute Gasteiger partial charge is 0.275 e. The molecule has 0 N–H and O–H groups in total. The van der Waals surface area contributed by atoms with Gasteiger partial charge in [-0.05, 0) is 24.3 Å². The SMILES string of the molecule is O=c1c2ccccc2c(-c2ccc(Br)cc2)nn1CN1CCN(c2ncccn2)CC1. The second-order valence-corrected chi connectivity index (χ2v) is 8.42. The number of fused-ring (bicyclic) bond motifs is 1. The second kappa shape index (κ2) is 8.56. The Labute approximate surface area is 188 Å². The lowest BCUT2D eigenvalue weighted by molar-refractivity contribution is 0.191. The molecular formula is C23H21BrN6O. The molecule has 1 fully saturated rings. The summed E-state index contributed by atoms with van der Waals surface area (Å²) in [5.74, 6) is 0.751. The number of anilines is 1. The number of nitrogens with zero attached hydrogens (tertiary/aromatic N) is 6. The highest BCUT2D eigenvalue weighted by Gasteiger charge is 2.20. The highest BCUT2D eigenvalue weighted by molar-refractivity contribution is 9.10. The van der Waals surface area contributed by atoms with Gasteiger partial charge in [-0.3, -0.25) is 9.69 Å². The van der Waals surface area contributed by atoms with Gasteiger partial charge in [-0.15, -0.1) is 0 Å². The summed E-state index contributed by atoms with van der Waals surface area (Å²) in [6.45, 7) is 3.70. The maximum Gasteiger partial charge on any atom is 0.275 e. The molecule has 0 bridgehead atoms. The van der Waals surface area contributed by atoms with Gasteiger partial charge in [0.1, 0.15) is 0 Å². The zero-order valence-electron chi connectivity index (χ0n) is 16.9. The summed E-state index contributed by atoms with van der Waals surface area (Å²) in [6.07, 6.45) is 3.52. The first-order valence-electron chi connectivity index (χ1n) is 10.2. The van der Waals surface area contributed by atoms with Crippen LogP contribution >= 0.6 is 15.9 Å². The van der Waals surface area contributed by atoms with Gasteiger partial charge >= 0.3 is 0 Å². The Kier molecular flexibility index (Phi) is 5.48. The Morgan fingerprint density at radius 1 is 0.839 bits per heavy atom. The Balaban J connectivity index is 1.43. The molecule has 156 valence electrons. The highest BCUT2D eigenvalue weighted by atomic mass is 79.9. The first-order chi connectivity index (χ1) is 15.2. The second-order valence-electron chi connectivity index (χ2n) is 7.50. The third-order valence-electron chi connectivity index (χ3n) is 5.53. The average Bonchev–Trinajstić information content (AvgIpc) is 2.83. The Hall–Kier alpha value is -3.10. The normalized spacial score (nSPS) is 14.8. The van der Waals surface area contributed by atoms with Crippen molar-refractivity contribution in [2.24, 2.45) is 0 Å². The number of hydrogen-bond donors (Lipinski definition) is 0. The van der Waals surface area contributed by atoms with Gasteiger partial charge in [-0.2, -0.15) is 5.10 Å². The van der Waals surface area contributed by atoms with Crippen LogP contribution in [0.4, 0.5) is 5.95 Å². The molecule has 8 heteroatoms. The molecule has 0 radical (unpaired) electrons. The summed E-state index contributed by atoms with van der Waals surface area (Å²) in [6, 6.07) is 17.5. The van der Waals surface area contributed by atoms with Crippen molar-refractivity contribution in [3.05, 3.63) is 81.8 Å². The van der Waals surface area contributed by atoms with E-state index in [1.54, 1.807) is 17.1 Å². The Morgan fingerprint density at radius 3 is 2.23 bits per heavy atom. The fraction of sp³-hybridized carbons (Fsp3) is 0.217. The number of hydrogen-bond acceptors (Lipinski definition) is 6. The highest BCUT2D eigenvalue weighted by Crippen LogP contribution is 2.26. The van der Waals surface area contributed by atoms with Gasteiger partial charge in [-0.1, -0.05) is 46.3 Å². The predicted molar refractivity (Wildman–Crippen MR) is 125 cm³/mol. The minimum absolute atomic E-state index is 0.0646. The van der Waals surface area contributed by atoms with Crippen molar-refractivity contribution < 1.29 is 0 Å². The summed E-state index contributed by atoms with van der Waals surface area (Å²) in [7, 11) is 0. The summed E-state index contributed by atoms with van der Waals surface area (Å²) in [5, 5.41) is 6.34. The van der Waals surface area contributed by atoms with E-state index in [-0.39, 0.29) is 5.56 Å². The van der Waals surface area contributed by atoms with Crippen LogP contribution in [0, 0.1) is 0 Å². The van der Waals surface area contributed by atoms with E-state index in [9.17, 15) is 4.79 Å². The molecule has 7 nitrogen and oxygen atoms in total. The summed E-state index contributed by atoms with van der Waals surface area (Å²) in [5.41, 5.74) is 1.74. The zero-order valence-corrected chi connectivity index (χ0v) is 18.4. The lowest BCUT2D eigenvalue weighted by Gasteiger charge is -2.34. The molecule has 0 saturated carbocycles. The van der Waals surface area contributed by atoms with Crippen LogP contribution in [0.1, 0.15) is 0 Å². The van der Waals surface area contributed by atoms with E-state index in [1.165, 1.54) is 0 Å². The van der Waals surface area contributed by atoms with Crippen LogP contribution in [0.15, 0.2) is 76.3 Å². The Bertz CT molecular complexity index is 1250. The number of aromatic nitrogens is 4. The van der Waals surface area contributed by atoms with Crippen molar-refractivity contribution in [3.63, 3.8) is 0 Å². The fourth-order valence-corrected chi connectivity index (χ4v) is 4.15. The molecule has 0 amide bonds. The van der Waals surface area contributed by atoms with E-state index >= 15 is 0 Å². The molecule has 0 spiro atoms. The van der Waals surface area contributed by atoms with Crippen LogP contribution in [-0.2, 0) is 6.67 Å². The molecular weight excluding hydrogens is 456 g/mol. The molecule has 31 heavy (non-hydrogen) atoms. The lowest BCUT2D eigenvalue weighted by Crippen LogP contribution is -2.48. The molecule has 2 aromatic carbocycles. The van der Waals surface area contributed by atoms with Crippen molar-refractivity contribution in [3.8, 4) is 11.3 Å². The fourth-order valence-electron chi connectivity index (χ4n) is 3.89. The topological polar surface area (TPSA) is 67.2 Å². The van der Waals surface area contributed by atoms with E-state index < -0.39 is 0 Å². The van der Waals surface area contributed by atoms with Crippen molar-refractivity contribution in [2.75, 3.05) is 31.1 Å². The molecule has 0 atom stereocenters. The third-order valence-corrected chi connectivity index (χ3v) is 6.06. The first-order valence-corrected chi connectivity index (χ1v) is 11.0. The standard InChI is InChI=1S/C23H21BrN6O/c24-18-8-6-17(7-9-18)21-19-4-1-2-5-20(19)22(31)30(27-21)16-28-12-14-29(15-13-28)23-25-10-3-11-26-23/h1-11H,12-16H2. The van der Waals surface area contributed by atoms with E-state index in [4.69, 9.17) is 5.10 Å². The first kappa shape index (κ1) is 19.8. The van der Waals surface area contributed by atoms with Crippen LogP contribution in [-0.4, -0.2) is 50.8 Å². The lowest BCUT2D eigenvalue weighted by atomic mass is 10.1. The molecule has 0 unspecified atom stereocenters. The molecule has 1 aliphatic heterocycles. The van der Waals surface area contributed by atoms with Gasteiger partial charge in [0.05, 0.1) is 17.7 Å². The van der Waals surface area contributed by atoms with Gasteiger partial charge in [0, 0.05) is 54.0 Å². The van der Waals surface area contributed by atoms with Crippen molar-refractivity contribution in [1.82, 2.24) is 24.6 Å². The van der Waals surface area contributed by atoms with Crippen LogP contribution in [0.2, 0.25) is 0 Å². The molecule has 4 aromatic rings. The van der Waals surface area contributed by atoms with Gasteiger partial charge < -0.3 is 4.90 Å².